The number of anilines is 1. The molecular weight excluding hydrogens is 284 g/mol. The van der Waals surface area contributed by atoms with Gasteiger partial charge in [0.25, 0.3) is 0 Å². The SMILES string of the molecule is Cc1cc(C)c(NCC(=O)NCCCc2ccccc2)c(C)c1. The smallest absolute Gasteiger partial charge is 0.239 e. The fourth-order valence-corrected chi connectivity index (χ4v) is 2.86. The van der Waals surface area contributed by atoms with E-state index in [1.54, 1.807) is 0 Å². The first-order chi connectivity index (χ1) is 11.1. The number of aryl methyl sites for hydroxylation is 4. The Balaban J connectivity index is 1.71. The number of nitrogens with one attached hydrogen (secondary N) is 2. The van der Waals surface area contributed by atoms with E-state index in [0.29, 0.717) is 13.1 Å². The van der Waals surface area contributed by atoms with E-state index in [9.17, 15) is 4.79 Å². The van der Waals surface area contributed by atoms with E-state index < -0.39 is 0 Å². The summed E-state index contributed by atoms with van der Waals surface area (Å²) < 4.78 is 0. The number of amides is 1. The van der Waals surface area contributed by atoms with Gasteiger partial charge in [0.1, 0.15) is 0 Å². The summed E-state index contributed by atoms with van der Waals surface area (Å²) in [6.07, 6.45) is 1.95. The molecule has 3 nitrogen and oxygen atoms in total. The van der Waals surface area contributed by atoms with E-state index in [4.69, 9.17) is 0 Å². The Hall–Kier alpha value is -2.29. The number of carbonyl (C=O) groups excluding carboxylic acids is 1. The zero-order valence-corrected chi connectivity index (χ0v) is 14.3. The van der Waals surface area contributed by atoms with Crippen LogP contribution < -0.4 is 10.6 Å². The van der Waals surface area contributed by atoms with E-state index in [0.717, 1.165) is 18.5 Å². The predicted molar refractivity (Wildman–Crippen MR) is 96.9 cm³/mol. The Labute approximate surface area is 139 Å². The summed E-state index contributed by atoms with van der Waals surface area (Å²) in [5.41, 5.74) is 5.98. The van der Waals surface area contributed by atoms with Gasteiger partial charge >= 0.3 is 0 Å². The van der Waals surface area contributed by atoms with Gasteiger partial charge in [-0.1, -0.05) is 48.0 Å². The van der Waals surface area contributed by atoms with Crippen molar-refractivity contribution in [1.29, 1.82) is 0 Å². The highest BCUT2D eigenvalue weighted by molar-refractivity contribution is 5.81. The van der Waals surface area contributed by atoms with Crippen molar-refractivity contribution in [3.8, 4) is 0 Å². The summed E-state index contributed by atoms with van der Waals surface area (Å²) in [6, 6.07) is 14.6. The topological polar surface area (TPSA) is 41.1 Å². The van der Waals surface area contributed by atoms with Crippen LogP contribution in [0.1, 0.15) is 28.7 Å². The molecule has 0 aliphatic carbocycles. The second-order valence-corrected chi connectivity index (χ2v) is 6.07. The van der Waals surface area contributed by atoms with Crippen LogP contribution >= 0.6 is 0 Å². The van der Waals surface area contributed by atoms with Gasteiger partial charge in [0, 0.05) is 12.2 Å². The maximum atomic E-state index is 11.9. The van der Waals surface area contributed by atoms with Crippen LogP contribution in [0.5, 0.6) is 0 Å². The first-order valence-electron chi connectivity index (χ1n) is 8.18. The normalized spacial score (nSPS) is 10.4. The van der Waals surface area contributed by atoms with Gasteiger partial charge in [0.2, 0.25) is 5.91 Å². The zero-order valence-electron chi connectivity index (χ0n) is 14.3. The molecular formula is C20H26N2O. The molecule has 0 fully saturated rings. The first-order valence-corrected chi connectivity index (χ1v) is 8.18. The standard InChI is InChI=1S/C20H26N2O/c1-15-12-16(2)20(17(3)13-15)22-14-19(23)21-11-7-10-18-8-5-4-6-9-18/h4-6,8-9,12-13,22H,7,10-11,14H2,1-3H3,(H,21,23). The summed E-state index contributed by atoms with van der Waals surface area (Å²) in [4.78, 5) is 11.9. The van der Waals surface area contributed by atoms with Crippen molar-refractivity contribution in [3.05, 3.63) is 64.7 Å². The van der Waals surface area contributed by atoms with Crippen LogP contribution in [-0.2, 0) is 11.2 Å². The van der Waals surface area contributed by atoms with Crippen LogP contribution in [0.3, 0.4) is 0 Å². The third-order valence-electron chi connectivity index (χ3n) is 3.91. The van der Waals surface area contributed by atoms with Crippen LogP contribution in [0.2, 0.25) is 0 Å². The second kappa shape index (κ2) is 8.37. The Morgan fingerprint density at radius 2 is 1.65 bits per heavy atom. The quantitative estimate of drug-likeness (QED) is 0.764. The van der Waals surface area contributed by atoms with Crippen LogP contribution in [0, 0.1) is 20.8 Å². The van der Waals surface area contributed by atoms with Crippen LogP contribution in [0.25, 0.3) is 0 Å². The van der Waals surface area contributed by atoms with Crippen LogP contribution in [0.4, 0.5) is 5.69 Å². The number of benzene rings is 2. The molecule has 0 unspecified atom stereocenters. The summed E-state index contributed by atoms with van der Waals surface area (Å²) in [6.45, 7) is 7.25. The van der Waals surface area contributed by atoms with Gasteiger partial charge in [-0.05, 0) is 50.3 Å². The molecule has 0 atom stereocenters. The highest BCUT2D eigenvalue weighted by Gasteiger charge is 2.06. The van der Waals surface area contributed by atoms with E-state index in [1.165, 1.54) is 22.3 Å². The largest absolute Gasteiger partial charge is 0.376 e. The minimum atomic E-state index is 0.0393. The molecule has 1 amide bonds. The number of rotatable bonds is 7. The summed E-state index contributed by atoms with van der Waals surface area (Å²) in [5, 5.41) is 6.23. The van der Waals surface area contributed by atoms with Crippen molar-refractivity contribution in [2.24, 2.45) is 0 Å². The van der Waals surface area contributed by atoms with Gasteiger partial charge in [-0.25, -0.2) is 0 Å². The van der Waals surface area contributed by atoms with Crippen molar-refractivity contribution in [2.75, 3.05) is 18.4 Å². The highest BCUT2D eigenvalue weighted by Crippen LogP contribution is 2.21. The van der Waals surface area contributed by atoms with Gasteiger partial charge in [-0.15, -0.1) is 0 Å². The summed E-state index contributed by atoms with van der Waals surface area (Å²) in [5.74, 6) is 0.0393. The molecule has 0 bridgehead atoms. The fraction of sp³-hybridized carbons (Fsp3) is 0.350. The maximum absolute atomic E-state index is 11.9. The monoisotopic (exact) mass is 310 g/mol. The Morgan fingerprint density at radius 1 is 1.00 bits per heavy atom. The summed E-state index contributed by atoms with van der Waals surface area (Å²) >= 11 is 0. The molecule has 0 heterocycles. The van der Waals surface area contributed by atoms with Gasteiger partial charge in [-0.2, -0.15) is 0 Å². The lowest BCUT2D eigenvalue weighted by molar-refractivity contribution is -0.119. The zero-order chi connectivity index (χ0) is 16.7. The molecule has 0 radical (unpaired) electrons. The Bertz CT molecular complexity index is 627. The predicted octanol–water partition coefficient (Wildman–Crippen LogP) is 3.77. The fourth-order valence-electron chi connectivity index (χ4n) is 2.86. The second-order valence-electron chi connectivity index (χ2n) is 6.07. The third kappa shape index (κ3) is 5.44. The van der Waals surface area contributed by atoms with Gasteiger partial charge in [0.15, 0.2) is 0 Å². The molecule has 2 aromatic rings. The van der Waals surface area contributed by atoms with E-state index in [2.05, 4.69) is 55.7 Å². The lowest BCUT2D eigenvalue weighted by Crippen LogP contribution is -2.31. The van der Waals surface area contributed by atoms with E-state index in [-0.39, 0.29) is 5.91 Å². The van der Waals surface area contributed by atoms with E-state index in [1.807, 2.05) is 18.2 Å². The molecule has 2 aromatic carbocycles. The lowest BCUT2D eigenvalue weighted by Gasteiger charge is -2.14. The van der Waals surface area contributed by atoms with Gasteiger partial charge in [0.05, 0.1) is 6.54 Å². The van der Waals surface area contributed by atoms with Crippen molar-refractivity contribution in [1.82, 2.24) is 5.32 Å². The van der Waals surface area contributed by atoms with Crippen LogP contribution in [-0.4, -0.2) is 19.0 Å². The van der Waals surface area contributed by atoms with Gasteiger partial charge in [-0.3, -0.25) is 4.79 Å². The third-order valence-corrected chi connectivity index (χ3v) is 3.91. The molecule has 0 aromatic heterocycles. The Morgan fingerprint density at radius 3 is 2.30 bits per heavy atom. The van der Waals surface area contributed by atoms with Crippen molar-refractivity contribution >= 4 is 11.6 Å². The lowest BCUT2D eigenvalue weighted by atomic mass is 10.1. The van der Waals surface area contributed by atoms with Crippen molar-refractivity contribution in [3.63, 3.8) is 0 Å². The molecule has 3 heteroatoms. The maximum Gasteiger partial charge on any atom is 0.239 e. The van der Waals surface area contributed by atoms with Crippen molar-refractivity contribution in [2.45, 2.75) is 33.6 Å². The molecule has 0 saturated carbocycles. The van der Waals surface area contributed by atoms with Gasteiger partial charge < -0.3 is 10.6 Å². The first kappa shape index (κ1) is 17.1. The number of carbonyl (C=O) groups is 1. The Kier molecular flexibility index (Phi) is 6.21. The molecule has 2 rings (SSSR count). The number of hydrogen-bond acceptors (Lipinski definition) is 2. The van der Waals surface area contributed by atoms with Crippen molar-refractivity contribution < 1.29 is 4.79 Å². The summed E-state index contributed by atoms with van der Waals surface area (Å²) in [7, 11) is 0. The molecule has 0 spiro atoms. The average molecular weight is 310 g/mol. The molecule has 122 valence electrons. The molecule has 23 heavy (non-hydrogen) atoms. The molecule has 2 N–H and O–H groups in total. The highest BCUT2D eigenvalue weighted by atomic mass is 16.1. The van der Waals surface area contributed by atoms with E-state index >= 15 is 0 Å². The molecule has 0 aliphatic rings. The molecule has 0 saturated heterocycles. The minimum Gasteiger partial charge on any atom is -0.376 e. The van der Waals surface area contributed by atoms with Crippen LogP contribution in [0.15, 0.2) is 42.5 Å². The minimum absolute atomic E-state index is 0.0393. The molecule has 0 aliphatic heterocycles. The average Bonchev–Trinajstić information content (AvgIpc) is 2.51. The number of hydrogen-bond donors (Lipinski definition) is 2.